The molecule has 2 N–H and O–H groups in total. The van der Waals surface area contributed by atoms with Crippen molar-refractivity contribution in [2.45, 2.75) is 39.0 Å². The van der Waals surface area contributed by atoms with Crippen LogP contribution in [-0.2, 0) is 4.74 Å². The van der Waals surface area contributed by atoms with Crippen molar-refractivity contribution in [3.8, 4) is 11.3 Å². The number of anilines is 2. The predicted octanol–water partition coefficient (Wildman–Crippen LogP) is 6.40. The molecule has 200 valence electrons. The standard InChI is InChI=1S/C28H25F2N5O2S2/c1-16(28-31-8-7-20(34-28)27(29)30)32-17-5-6-22-24(13-17)38-23-4-2-3-19(26(23)39-22)21-14-18(15-25(36)33-21)35-9-11-37-12-10-35/h2-8,13-16,27,32H,9-12H2,1H3,(H,33,36). The van der Waals surface area contributed by atoms with Crippen LogP contribution in [-0.4, -0.2) is 41.3 Å². The van der Waals surface area contributed by atoms with Gasteiger partial charge in [0.1, 0.15) is 5.69 Å². The Morgan fingerprint density at radius 2 is 1.87 bits per heavy atom. The lowest BCUT2D eigenvalue weighted by Gasteiger charge is -2.29. The Morgan fingerprint density at radius 3 is 2.69 bits per heavy atom. The molecule has 0 bridgehead atoms. The number of benzene rings is 2. The van der Waals surface area contributed by atoms with Crippen LogP contribution in [0.2, 0.25) is 0 Å². The van der Waals surface area contributed by atoms with E-state index in [1.54, 1.807) is 29.6 Å². The van der Waals surface area contributed by atoms with Gasteiger partial charge in [-0.2, -0.15) is 0 Å². The Balaban J connectivity index is 1.25. The number of rotatable bonds is 6. The molecule has 1 atom stereocenters. The van der Waals surface area contributed by atoms with Crippen molar-refractivity contribution < 1.29 is 13.5 Å². The normalized spacial score (nSPS) is 15.5. The molecular formula is C28H25F2N5O2S2. The summed E-state index contributed by atoms with van der Waals surface area (Å²) in [6.45, 7) is 4.66. The molecule has 7 nitrogen and oxygen atoms in total. The Morgan fingerprint density at radius 1 is 1.03 bits per heavy atom. The molecule has 2 aromatic heterocycles. The summed E-state index contributed by atoms with van der Waals surface area (Å²) in [6.07, 6.45) is -1.28. The molecule has 0 aliphatic carbocycles. The number of aromatic nitrogens is 3. The van der Waals surface area contributed by atoms with Crippen molar-refractivity contribution in [2.75, 3.05) is 36.5 Å². The third-order valence-corrected chi connectivity index (χ3v) is 9.14. The molecule has 1 saturated heterocycles. The van der Waals surface area contributed by atoms with Gasteiger partial charge >= 0.3 is 0 Å². The fourth-order valence-electron chi connectivity index (χ4n) is 4.62. The SMILES string of the molecule is CC(Nc1ccc2c(c1)Sc1cccc(-c3cc(N4CCOCC4)cc(=O)[nH]3)c1S2)c1nccc(C(F)F)n1. The van der Waals surface area contributed by atoms with Gasteiger partial charge in [0.15, 0.2) is 5.82 Å². The van der Waals surface area contributed by atoms with Gasteiger partial charge in [-0.3, -0.25) is 4.79 Å². The van der Waals surface area contributed by atoms with Crippen LogP contribution in [0.5, 0.6) is 0 Å². The van der Waals surface area contributed by atoms with Crippen molar-refractivity contribution in [3.05, 3.63) is 82.7 Å². The van der Waals surface area contributed by atoms with Gasteiger partial charge in [0, 0.05) is 61.9 Å². The zero-order chi connectivity index (χ0) is 26.9. The fourth-order valence-corrected chi connectivity index (χ4v) is 7.03. The molecule has 0 saturated carbocycles. The number of fused-ring (bicyclic) bond motifs is 2. The van der Waals surface area contributed by atoms with Crippen molar-refractivity contribution in [3.63, 3.8) is 0 Å². The van der Waals surface area contributed by atoms with Gasteiger partial charge in [0.05, 0.1) is 24.9 Å². The third-order valence-electron chi connectivity index (χ3n) is 6.54. The number of pyridine rings is 1. The highest BCUT2D eigenvalue weighted by molar-refractivity contribution is 8.05. The number of ether oxygens (including phenoxy) is 1. The Kier molecular flexibility index (Phi) is 7.28. The molecule has 1 fully saturated rings. The fraction of sp³-hybridized carbons (Fsp3) is 0.250. The first-order valence-electron chi connectivity index (χ1n) is 12.5. The number of aromatic amines is 1. The van der Waals surface area contributed by atoms with Gasteiger partial charge in [-0.15, -0.1) is 0 Å². The second-order valence-corrected chi connectivity index (χ2v) is 11.4. The van der Waals surface area contributed by atoms with E-state index in [1.807, 2.05) is 37.3 Å². The molecule has 0 amide bonds. The summed E-state index contributed by atoms with van der Waals surface area (Å²) in [4.78, 5) is 30.3. The van der Waals surface area contributed by atoms with Crippen molar-refractivity contribution in [1.82, 2.24) is 15.0 Å². The predicted molar refractivity (Wildman–Crippen MR) is 149 cm³/mol. The molecule has 6 rings (SSSR count). The minimum atomic E-state index is -2.64. The summed E-state index contributed by atoms with van der Waals surface area (Å²) >= 11 is 3.33. The van der Waals surface area contributed by atoms with E-state index < -0.39 is 6.43 Å². The summed E-state index contributed by atoms with van der Waals surface area (Å²) in [6, 6.07) is 16.8. The van der Waals surface area contributed by atoms with E-state index in [2.05, 4.69) is 37.3 Å². The quantitative estimate of drug-likeness (QED) is 0.245. The van der Waals surface area contributed by atoms with E-state index in [0.717, 1.165) is 55.3 Å². The van der Waals surface area contributed by atoms with E-state index in [0.29, 0.717) is 19.0 Å². The number of halogens is 2. The second-order valence-electron chi connectivity index (χ2n) is 9.22. The number of nitrogens with one attached hydrogen (secondary N) is 2. The highest BCUT2D eigenvalue weighted by Crippen LogP contribution is 2.52. The van der Waals surface area contributed by atoms with Crippen LogP contribution >= 0.6 is 23.5 Å². The highest BCUT2D eigenvalue weighted by atomic mass is 32.2. The molecule has 2 aromatic carbocycles. The van der Waals surface area contributed by atoms with Crippen molar-refractivity contribution in [2.24, 2.45) is 0 Å². The van der Waals surface area contributed by atoms with E-state index >= 15 is 0 Å². The van der Waals surface area contributed by atoms with Crippen LogP contribution < -0.4 is 15.8 Å². The first-order chi connectivity index (χ1) is 18.9. The van der Waals surface area contributed by atoms with Crippen LogP contribution in [0.15, 0.2) is 85.2 Å². The maximum Gasteiger partial charge on any atom is 0.280 e. The second kappa shape index (κ2) is 11.0. The lowest BCUT2D eigenvalue weighted by molar-refractivity contribution is 0.122. The number of nitrogens with zero attached hydrogens (tertiary/aromatic N) is 3. The van der Waals surface area contributed by atoms with Crippen LogP contribution in [0.1, 0.15) is 30.9 Å². The maximum atomic E-state index is 13.1. The topological polar surface area (TPSA) is 83.1 Å². The average Bonchev–Trinajstić information content (AvgIpc) is 2.96. The van der Waals surface area contributed by atoms with Crippen LogP contribution in [0.4, 0.5) is 20.2 Å². The van der Waals surface area contributed by atoms with Gasteiger partial charge < -0.3 is 19.9 Å². The van der Waals surface area contributed by atoms with Crippen LogP contribution in [0.3, 0.4) is 0 Å². The van der Waals surface area contributed by atoms with Gasteiger partial charge in [-0.05, 0) is 43.3 Å². The molecule has 4 aromatic rings. The summed E-state index contributed by atoms with van der Waals surface area (Å²) in [7, 11) is 0. The van der Waals surface area contributed by atoms with E-state index in [4.69, 9.17) is 4.74 Å². The molecule has 39 heavy (non-hydrogen) atoms. The number of alkyl halides is 2. The minimum Gasteiger partial charge on any atom is -0.378 e. The van der Waals surface area contributed by atoms with Crippen LogP contribution in [0.25, 0.3) is 11.3 Å². The molecule has 1 unspecified atom stereocenters. The summed E-state index contributed by atoms with van der Waals surface area (Å²) in [5.41, 5.74) is 3.10. The van der Waals surface area contributed by atoms with E-state index in [1.165, 1.54) is 12.3 Å². The lowest BCUT2D eigenvalue weighted by atomic mass is 10.1. The highest BCUT2D eigenvalue weighted by Gasteiger charge is 2.23. The number of morpholine rings is 1. The first-order valence-corrected chi connectivity index (χ1v) is 14.2. The first kappa shape index (κ1) is 25.8. The molecule has 0 radical (unpaired) electrons. The van der Waals surface area contributed by atoms with E-state index in [9.17, 15) is 13.6 Å². The molecule has 2 aliphatic rings. The Labute approximate surface area is 232 Å². The molecule has 0 spiro atoms. The van der Waals surface area contributed by atoms with Gasteiger partial charge in [-0.25, -0.2) is 18.7 Å². The minimum absolute atomic E-state index is 0.131. The molecular weight excluding hydrogens is 540 g/mol. The monoisotopic (exact) mass is 565 g/mol. The van der Waals surface area contributed by atoms with Gasteiger partial charge in [0.25, 0.3) is 6.43 Å². The summed E-state index contributed by atoms with van der Waals surface area (Å²) in [5, 5.41) is 3.33. The van der Waals surface area contributed by atoms with Crippen molar-refractivity contribution in [1.29, 1.82) is 0 Å². The molecule has 11 heteroatoms. The lowest BCUT2D eigenvalue weighted by Crippen LogP contribution is -2.36. The smallest absolute Gasteiger partial charge is 0.280 e. The summed E-state index contributed by atoms with van der Waals surface area (Å²) < 4.78 is 31.6. The third kappa shape index (κ3) is 5.52. The zero-order valence-electron chi connectivity index (χ0n) is 21.0. The Hall–Kier alpha value is -3.41. The summed E-state index contributed by atoms with van der Waals surface area (Å²) in [5.74, 6) is 0.316. The largest absolute Gasteiger partial charge is 0.378 e. The average molecular weight is 566 g/mol. The van der Waals surface area contributed by atoms with Gasteiger partial charge in [-0.1, -0.05) is 35.7 Å². The van der Waals surface area contributed by atoms with E-state index in [-0.39, 0.29) is 17.3 Å². The molecule has 4 heterocycles. The maximum absolute atomic E-state index is 13.1. The number of H-pyrrole nitrogens is 1. The van der Waals surface area contributed by atoms with Crippen molar-refractivity contribution >= 4 is 34.9 Å². The number of hydrogen-bond donors (Lipinski definition) is 2. The number of hydrogen-bond acceptors (Lipinski definition) is 8. The van der Waals surface area contributed by atoms with Crippen LogP contribution in [0, 0.1) is 0 Å². The van der Waals surface area contributed by atoms with Gasteiger partial charge in [0.2, 0.25) is 5.56 Å². The Bertz CT molecular complexity index is 1580. The zero-order valence-corrected chi connectivity index (χ0v) is 22.6. The molecule has 2 aliphatic heterocycles.